The Kier molecular flexibility index (Phi) is 4.18. The fourth-order valence-electron chi connectivity index (χ4n) is 3.07. The summed E-state index contributed by atoms with van der Waals surface area (Å²) >= 11 is 0. The molecule has 0 radical (unpaired) electrons. The minimum atomic E-state index is -0.446. The average molecular weight is 347 g/mol. The summed E-state index contributed by atoms with van der Waals surface area (Å²) in [6.07, 6.45) is 3.26. The van der Waals surface area contributed by atoms with E-state index in [1.54, 1.807) is 11.0 Å². The summed E-state index contributed by atoms with van der Waals surface area (Å²) in [5.74, 6) is -0.770. The van der Waals surface area contributed by atoms with Gasteiger partial charge < -0.3 is 10.6 Å². The summed E-state index contributed by atoms with van der Waals surface area (Å²) in [6.45, 7) is 0.618. The number of rotatable bonds is 5. The molecule has 3 aromatic rings. The number of nitrogens with one attached hydrogen (secondary N) is 2. The number of amides is 2. The highest BCUT2D eigenvalue weighted by molar-refractivity contribution is 6.06. The normalized spacial score (nSPS) is 15.4. The van der Waals surface area contributed by atoms with Gasteiger partial charge in [-0.2, -0.15) is 5.10 Å². The van der Waals surface area contributed by atoms with E-state index in [9.17, 15) is 9.59 Å². The molecule has 0 bridgehead atoms. The lowest BCUT2D eigenvalue weighted by molar-refractivity contribution is -0.122. The van der Waals surface area contributed by atoms with Crippen molar-refractivity contribution in [2.75, 3.05) is 10.6 Å². The molecule has 1 aromatic heterocycles. The van der Waals surface area contributed by atoms with Crippen LogP contribution in [0.4, 0.5) is 11.4 Å². The van der Waals surface area contributed by atoms with E-state index in [1.807, 2.05) is 48.5 Å². The summed E-state index contributed by atoms with van der Waals surface area (Å²) in [5.41, 5.74) is 3.41. The molecule has 1 aliphatic rings. The van der Waals surface area contributed by atoms with Gasteiger partial charge in [0.2, 0.25) is 11.8 Å². The number of carbonyl (C=O) groups excluding carboxylic acids is 2. The van der Waals surface area contributed by atoms with Gasteiger partial charge in [0.15, 0.2) is 0 Å². The van der Waals surface area contributed by atoms with Gasteiger partial charge in [-0.15, -0.1) is 0 Å². The van der Waals surface area contributed by atoms with Gasteiger partial charge in [-0.1, -0.05) is 30.3 Å². The van der Waals surface area contributed by atoms with Crippen LogP contribution in [-0.2, 0) is 16.1 Å². The molecular weight excluding hydrogens is 330 g/mol. The van der Waals surface area contributed by atoms with Crippen LogP contribution < -0.4 is 10.6 Å². The number of nitrogens with zero attached hydrogens (tertiary/aromatic N) is 3. The molecule has 2 amide bonds. The van der Waals surface area contributed by atoms with Crippen molar-refractivity contribution in [3.8, 4) is 0 Å². The van der Waals surface area contributed by atoms with Crippen molar-refractivity contribution >= 4 is 23.2 Å². The highest BCUT2D eigenvalue weighted by Crippen LogP contribution is 2.34. The average Bonchev–Trinajstić information content (AvgIpc) is 3.25. The van der Waals surface area contributed by atoms with Crippen molar-refractivity contribution in [1.82, 2.24) is 14.8 Å². The Labute approximate surface area is 150 Å². The third-order valence-electron chi connectivity index (χ3n) is 4.35. The first-order chi connectivity index (χ1) is 12.7. The fourth-order valence-corrected chi connectivity index (χ4v) is 3.07. The van der Waals surface area contributed by atoms with E-state index >= 15 is 0 Å². The molecule has 1 atom stereocenters. The maximum atomic E-state index is 12.4. The van der Waals surface area contributed by atoms with Crippen molar-refractivity contribution in [3.63, 3.8) is 0 Å². The SMILES string of the molecule is O=C(CC1C(=O)Nc2ccccc21)Nc1ccc(Cn2cncn2)cc1. The van der Waals surface area contributed by atoms with Crippen LogP contribution in [0.3, 0.4) is 0 Å². The molecule has 2 heterocycles. The first kappa shape index (κ1) is 16.0. The molecule has 2 aromatic carbocycles. The molecule has 0 fully saturated rings. The molecule has 0 saturated carbocycles. The molecule has 2 N–H and O–H groups in total. The zero-order valence-electron chi connectivity index (χ0n) is 13.9. The Morgan fingerprint density at radius 2 is 1.96 bits per heavy atom. The fraction of sp³-hybridized carbons (Fsp3) is 0.158. The zero-order valence-corrected chi connectivity index (χ0v) is 13.9. The maximum absolute atomic E-state index is 12.4. The van der Waals surface area contributed by atoms with Crippen LogP contribution in [0.25, 0.3) is 0 Å². The lowest BCUT2D eigenvalue weighted by Gasteiger charge is -2.10. The van der Waals surface area contributed by atoms with Crippen LogP contribution in [0.1, 0.15) is 23.5 Å². The van der Waals surface area contributed by atoms with E-state index in [0.717, 1.165) is 16.8 Å². The molecule has 0 saturated heterocycles. The minimum Gasteiger partial charge on any atom is -0.326 e. The maximum Gasteiger partial charge on any atom is 0.232 e. The van der Waals surface area contributed by atoms with Gasteiger partial charge in [0.1, 0.15) is 12.7 Å². The van der Waals surface area contributed by atoms with Crippen molar-refractivity contribution in [3.05, 3.63) is 72.3 Å². The first-order valence-corrected chi connectivity index (χ1v) is 8.30. The second kappa shape index (κ2) is 6.79. The summed E-state index contributed by atoms with van der Waals surface area (Å²) in [4.78, 5) is 28.4. The molecule has 7 heteroatoms. The number of carbonyl (C=O) groups is 2. The van der Waals surface area contributed by atoms with Crippen molar-refractivity contribution in [1.29, 1.82) is 0 Å². The quantitative estimate of drug-likeness (QED) is 0.742. The largest absolute Gasteiger partial charge is 0.326 e. The number of anilines is 2. The van der Waals surface area contributed by atoms with Crippen LogP contribution in [0.2, 0.25) is 0 Å². The van der Waals surface area contributed by atoms with Gasteiger partial charge in [-0.05, 0) is 29.3 Å². The van der Waals surface area contributed by atoms with Gasteiger partial charge in [0.05, 0.1) is 12.5 Å². The standard InChI is InChI=1S/C19H17N5O2/c25-18(9-16-15-3-1-2-4-17(15)23-19(16)26)22-14-7-5-13(6-8-14)10-24-12-20-11-21-24/h1-8,11-12,16H,9-10H2,(H,22,25)(H,23,26). The van der Waals surface area contributed by atoms with Gasteiger partial charge in [-0.3, -0.25) is 9.59 Å². The van der Waals surface area contributed by atoms with Crippen LogP contribution in [-0.4, -0.2) is 26.6 Å². The van der Waals surface area contributed by atoms with Gasteiger partial charge in [0.25, 0.3) is 0 Å². The highest BCUT2D eigenvalue weighted by atomic mass is 16.2. The molecule has 4 rings (SSSR count). The molecule has 0 spiro atoms. The zero-order chi connectivity index (χ0) is 17.9. The van der Waals surface area contributed by atoms with E-state index < -0.39 is 5.92 Å². The smallest absolute Gasteiger partial charge is 0.232 e. The Balaban J connectivity index is 1.38. The number of hydrogen-bond donors (Lipinski definition) is 2. The van der Waals surface area contributed by atoms with E-state index in [0.29, 0.717) is 12.2 Å². The summed E-state index contributed by atoms with van der Waals surface area (Å²) in [6, 6.07) is 15.0. The van der Waals surface area contributed by atoms with Gasteiger partial charge >= 0.3 is 0 Å². The number of fused-ring (bicyclic) bond motifs is 1. The van der Waals surface area contributed by atoms with E-state index in [1.165, 1.54) is 6.33 Å². The Hall–Kier alpha value is -3.48. The first-order valence-electron chi connectivity index (χ1n) is 8.30. The second-order valence-corrected chi connectivity index (χ2v) is 6.17. The van der Waals surface area contributed by atoms with Gasteiger partial charge in [-0.25, -0.2) is 9.67 Å². The third-order valence-corrected chi connectivity index (χ3v) is 4.35. The van der Waals surface area contributed by atoms with E-state index in [-0.39, 0.29) is 18.2 Å². The van der Waals surface area contributed by atoms with E-state index in [2.05, 4.69) is 20.7 Å². The number of para-hydroxylation sites is 1. The summed E-state index contributed by atoms with van der Waals surface area (Å²) in [7, 11) is 0. The summed E-state index contributed by atoms with van der Waals surface area (Å²) in [5, 5.41) is 9.73. The predicted octanol–water partition coefficient (Wildman–Crippen LogP) is 2.39. The topological polar surface area (TPSA) is 88.9 Å². The molecule has 1 unspecified atom stereocenters. The number of hydrogen-bond acceptors (Lipinski definition) is 4. The molecular formula is C19H17N5O2. The lowest BCUT2D eigenvalue weighted by Crippen LogP contribution is -2.20. The van der Waals surface area contributed by atoms with E-state index in [4.69, 9.17) is 0 Å². The molecule has 7 nitrogen and oxygen atoms in total. The Bertz CT molecular complexity index is 935. The number of benzene rings is 2. The monoisotopic (exact) mass is 347 g/mol. The van der Waals surface area contributed by atoms with Crippen LogP contribution in [0.15, 0.2) is 61.2 Å². The molecule has 130 valence electrons. The molecule has 1 aliphatic heterocycles. The lowest BCUT2D eigenvalue weighted by atomic mass is 9.97. The Morgan fingerprint density at radius 1 is 1.15 bits per heavy atom. The molecule has 0 aliphatic carbocycles. The Morgan fingerprint density at radius 3 is 2.73 bits per heavy atom. The van der Waals surface area contributed by atoms with Crippen LogP contribution in [0, 0.1) is 0 Å². The highest BCUT2D eigenvalue weighted by Gasteiger charge is 2.31. The van der Waals surface area contributed by atoms with Crippen LogP contribution in [0.5, 0.6) is 0 Å². The third kappa shape index (κ3) is 3.32. The van der Waals surface area contributed by atoms with Gasteiger partial charge in [0, 0.05) is 17.8 Å². The second-order valence-electron chi connectivity index (χ2n) is 6.17. The summed E-state index contributed by atoms with van der Waals surface area (Å²) < 4.78 is 1.73. The minimum absolute atomic E-state index is 0.115. The van der Waals surface area contributed by atoms with Crippen molar-refractivity contribution in [2.24, 2.45) is 0 Å². The number of aromatic nitrogens is 3. The van der Waals surface area contributed by atoms with Crippen molar-refractivity contribution in [2.45, 2.75) is 18.9 Å². The van der Waals surface area contributed by atoms with Crippen LogP contribution >= 0.6 is 0 Å². The van der Waals surface area contributed by atoms with Crippen molar-refractivity contribution < 1.29 is 9.59 Å². The molecule has 26 heavy (non-hydrogen) atoms. The predicted molar refractivity (Wildman–Crippen MR) is 96.6 cm³/mol.